The molecule has 0 fully saturated rings. The van der Waals surface area contributed by atoms with E-state index in [-0.39, 0.29) is 5.28 Å². The maximum Gasteiger partial charge on any atom is 0.224 e. The molecule has 3 aromatic heterocycles. The summed E-state index contributed by atoms with van der Waals surface area (Å²) in [6.07, 6.45) is 6.87. The Morgan fingerprint density at radius 1 is 1.18 bits per heavy atom. The molecule has 0 aliphatic rings. The van der Waals surface area contributed by atoms with Crippen LogP contribution in [0.3, 0.4) is 0 Å². The molecule has 0 amide bonds. The van der Waals surface area contributed by atoms with Gasteiger partial charge in [-0.05, 0) is 29.3 Å². The van der Waals surface area contributed by atoms with Crippen LogP contribution in [0.4, 0.5) is 0 Å². The Bertz CT molecular complexity index is 649. The Balaban J connectivity index is 2.03. The first-order valence-electron chi connectivity index (χ1n) is 5.05. The van der Waals surface area contributed by atoms with Crippen molar-refractivity contribution in [1.82, 2.24) is 24.5 Å². The summed E-state index contributed by atoms with van der Waals surface area (Å²) in [7, 11) is 0. The van der Waals surface area contributed by atoms with Gasteiger partial charge < -0.3 is 4.57 Å². The highest BCUT2D eigenvalue weighted by molar-refractivity contribution is 6.28. The topological polar surface area (TPSA) is 56.5 Å². The van der Waals surface area contributed by atoms with Crippen molar-refractivity contribution in [3.63, 3.8) is 0 Å². The van der Waals surface area contributed by atoms with Crippen LogP contribution >= 0.6 is 11.6 Å². The van der Waals surface area contributed by atoms with Crippen molar-refractivity contribution < 1.29 is 0 Å². The van der Waals surface area contributed by atoms with Gasteiger partial charge in [0.1, 0.15) is 5.52 Å². The van der Waals surface area contributed by atoms with E-state index < -0.39 is 0 Å². The first-order chi connectivity index (χ1) is 8.33. The molecule has 0 aromatic carbocycles. The molecule has 3 aromatic rings. The zero-order chi connectivity index (χ0) is 11.7. The zero-order valence-electron chi connectivity index (χ0n) is 8.79. The van der Waals surface area contributed by atoms with Gasteiger partial charge in [-0.3, -0.25) is 4.98 Å². The largest absolute Gasteiger partial charge is 0.311 e. The summed E-state index contributed by atoms with van der Waals surface area (Å²) in [5, 5.41) is 0.231. The Hall–Kier alpha value is -2.01. The van der Waals surface area contributed by atoms with Crippen LogP contribution in [0.1, 0.15) is 5.56 Å². The second kappa shape index (κ2) is 4.10. The average Bonchev–Trinajstić information content (AvgIpc) is 2.73. The number of pyridine rings is 1. The predicted octanol–water partition coefficient (Wildman–Crippen LogP) is 1.92. The van der Waals surface area contributed by atoms with Gasteiger partial charge in [-0.25, -0.2) is 9.97 Å². The minimum atomic E-state index is 0.231. The van der Waals surface area contributed by atoms with Gasteiger partial charge in [-0.2, -0.15) is 4.98 Å². The van der Waals surface area contributed by atoms with Gasteiger partial charge in [0.15, 0.2) is 5.65 Å². The number of halogens is 1. The smallest absolute Gasteiger partial charge is 0.224 e. The van der Waals surface area contributed by atoms with Gasteiger partial charge in [0, 0.05) is 12.4 Å². The molecule has 0 radical (unpaired) electrons. The second-order valence-corrected chi connectivity index (χ2v) is 3.91. The summed E-state index contributed by atoms with van der Waals surface area (Å²) in [5.74, 6) is 0. The van der Waals surface area contributed by atoms with Crippen molar-refractivity contribution >= 4 is 22.8 Å². The summed E-state index contributed by atoms with van der Waals surface area (Å²) >= 11 is 5.78. The van der Waals surface area contributed by atoms with Crippen molar-refractivity contribution in [3.8, 4) is 0 Å². The summed E-state index contributed by atoms with van der Waals surface area (Å²) in [4.78, 5) is 16.3. The molecule has 84 valence electrons. The molecule has 0 atom stereocenters. The van der Waals surface area contributed by atoms with Crippen molar-refractivity contribution in [1.29, 1.82) is 0 Å². The second-order valence-electron chi connectivity index (χ2n) is 3.58. The number of nitrogens with zero attached hydrogens (tertiary/aromatic N) is 5. The minimum absolute atomic E-state index is 0.231. The molecule has 0 bridgehead atoms. The van der Waals surface area contributed by atoms with Crippen LogP contribution < -0.4 is 0 Å². The van der Waals surface area contributed by atoms with Crippen LogP contribution in [0.2, 0.25) is 5.28 Å². The minimum Gasteiger partial charge on any atom is -0.311 e. The van der Waals surface area contributed by atoms with Gasteiger partial charge >= 0.3 is 0 Å². The molecule has 0 saturated carbocycles. The normalized spacial score (nSPS) is 10.9. The van der Waals surface area contributed by atoms with Crippen molar-refractivity contribution in [2.24, 2.45) is 0 Å². The highest BCUT2D eigenvalue weighted by Crippen LogP contribution is 2.13. The lowest BCUT2D eigenvalue weighted by molar-refractivity contribution is 0.811. The Labute approximate surface area is 102 Å². The highest BCUT2D eigenvalue weighted by atomic mass is 35.5. The lowest BCUT2D eigenvalue weighted by atomic mass is 10.3. The lowest BCUT2D eigenvalue weighted by Gasteiger charge is -2.03. The summed E-state index contributed by atoms with van der Waals surface area (Å²) in [5.41, 5.74) is 2.61. The predicted molar refractivity (Wildman–Crippen MR) is 63.7 cm³/mol. The number of hydrogen-bond acceptors (Lipinski definition) is 4. The van der Waals surface area contributed by atoms with E-state index >= 15 is 0 Å². The maximum atomic E-state index is 5.78. The Morgan fingerprint density at radius 2 is 2.00 bits per heavy atom. The van der Waals surface area contributed by atoms with E-state index in [1.165, 1.54) is 0 Å². The fourth-order valence-corrected chi connectivity index (χ4v) is 1.76. The molecule has 0 N–H and O–H groups in total. The standard InChI is InChI=1S/C11H8ClN5/c12-11-14-5-9-10(16-11)17(7-15-9)6-8-1-3-13-4-2-8/h1-5,7H,6H2. The molecular weight excluding hydrogens is 238 g/mol. The molecule has 5 nitrogen and oxygen atoms in total. The third-order valence-electron chi connectivity index (χ3n) is 2.43. The molecule has 0 spiro atoms. The summed E-state index contributed by atoms with van der Waals surface area (Å²) in [6, 6.07) is 3.91. The lowest BCUT2D eigenvalue weighted by Crippen LogP contribution is -1.99. The van der Waals surface area contributed by atoms with Gasteiger partial charge in [-0.1, -0.05) is 0 Å². The molecule has 0 aliphatic heterocycles. The zero-order valence-corrected chi connectivity index (χ0v) is 9.54. The molecule has 0 saturated heterocycles. The monoisotopic (exact) mass is 245 g/mol. The van der Waals surface area contributed by atoms with Crippen molar-refractivity contribution in [2.45, 2.75) is 6.54 Å². The van der Waals surface area contributed by atoms with Crippen LogP contribution in [0.15, 0.2) is 37.1 Å². The molecule has 3 heterocycles. The van der Waals surface area contributed by atoms with Crippen molar-refractivity contribution in [3.05, 3.63) is 47.9 Å². The average molecular weight is 246 g/mol. The number of imidazole rings is 1. The van der Waals surface area contributed by atoms with E-state index in [2.05, 4.69) is 19.9 Å². The number of aromatic nitrogens is 5. The number of rotatable bonds is 2. The van der Waals surface area contributed by atoms with E-state index in [1.807, 2.05) is 16.7 Å². The van der Waals surface area contributed by atoms with Crippen LogP contribution in [0.25, 0.3) is 11.2 Å². The highest BCUT2D eigenvalue weighted by Gasteiger charge is 2.05. The number of fused-ring (bicyclic) bond motifs is 1. The SMILES string of the molecule is Clc1ncc2ncn(Cc3ccncc3)c2n1. The van der Waals surface area contributed by atoms with Gasteiger partial charge in [0.05, 0.1) is 19.1 Å². The number of hydrogen-bond donors (Lipinski definition) is 0. The van der Waals surface area contributed by atoms with Gasteiger partial charge in [-0.15, -0.1) is 0 Å². The van der Waals surface area contributed by atoms with Crippen LogP contribution in [0.5, 0.6) is 0 Å². The van der Waals surface area contributed by atoms with E-state index in [1.54, 1.807) is 24.9 Å². The molecule has 0 unspecified atom stereocenters. The first kappa shape index (κ1) is 10.2. The maximum absolute atomic E-state index is 5.78. The van der Waals surface area contributed by atoms with Gasteiger partial charge in [0.2, 0.25) is 5.28 Å². The molecular formula is C11H8ClN5. The third-order valence-corrected chi connectivity index (χ3v) is 2.61. The third kappa shape index (κ3) is 1.97. The fourth-order valence-electron chi connectivity index (χ4n) is 1.64. The quantitative estimate of drug-likeness (QED) is 0.648. The van der Waals surface area contributed by atoms with E-state index in [9.17, 15) is 0 Å². The van der Waals surface area contributed by atoms with E-state index in [0.717, 1.165) is 16.7 Å². The molecule has 17 heavy (non-hydrogen) atoms. The van der Waals surface area contributed by atoms with Crippen LogP contribution in [-0.4, -0.2) is 24.5 Å². The summed E-state index contributed by atoms with van der Waals surface area (Å²) in [6.45, 7) is 0.687. The van der Waals surface area contributed by atoms with Crippen molar-refractivity contribution in [2.75, 3.05) is 0 Å². The van der Waals surface area contributed by atoms with Crippen LogP contribution in [0, 0.1) is 0 Å². The molecule has 3 rings (SSSR count). The van der Waals surface area contributed by atoms with Crippen LogP contribution in [-0.2, 0) is 6.54 Å². The van der Waals surface area contributed by atoms with Gasteiger partial charge in [0.25, 0.3) is 0 Å². The van der Waals surface area contributed by atoms with E-state index in [0.29, 0.717) is 6.54 Å². The molecule has 0 aliphatic carbocycles. The Kier molecular flexibility index (Phi) is 2.45. The first-order valence-corrected chi connectivity index (χ1v) is 5.43. The fraction of sp³-hybridized carbons (Fsp3) is 0.0909. The summed E-state index contributed by atoms with van der Waals surface area (Å²) < 4.78 is 1.93. The molecule has 6 heteroatoms. The van der Waals surface area contributed by atoms with E-state index in [4.69, 9.17) is 11.6 Å². The Morgan fingerprint density at radius 3 is 2.82 bits per heavy atom.